The summed E-state index contributed by atoms with van der Waals surface area (Å²) in [5.74, 6) is -1.59. The maximum Gasteiger partial charge on any atom is 0.338 e. The molecule has 8 nitrogen and oxygen atoms in total. The van der Waals surface area contributed by atoms with E-state index in [1.807, 2.05) is 19.9 Å². The van der Waals surface area contributed by atoms with Crippen LogP contribution in [0.15, 0.2) is 36.4 Å². The van der Waals surface area contributed by atoms with E-state index in [1.165, 1.54) is 30.2 Å². The molecule has 0 spiro atoms. The zero-order chi connectivity index (χ0) is 22.5. The summed E-state index contributed by atoms with van der Waals surface area (Å²) in [5, 5.41) is 2.64. The Bertz CT molecular complexity index is 1050. The highest BCUT2D eigenvalue weighted by Crippen LogP contribution is 2.26. The minimum Gasteiger partial charge on any atom is -0.495 e. The van der Waals surface area contributed by atoms with Gasteiger partial charge in [-0.15, -0.1) is 0 Å². The predicted molar refractivity (Wildman–Crippen MR) is 113 cm³/mol. The van der Waals surface area contributed by atoms with Crippen molar-refractivity contribution in [3.63, 3.8) is 0 Å². The molecule has 8 heteroatoms. The first-order valence-corrected chi connectivity index (χ1v) is 9.97. The largest absolute Gasteiger partial charge is 0.495 e. The Labute approximate surface area is 180 Å². The Balaban J connectivity index is 1.64. The fourth-order valence-electron chi connectivity index (χ4n) is 3.26. The number of imide groups is 1. The summed E-state index contributed by atoms with van der Waals surface area (Å²) < 4.78 is 10.3. The van der Waals surface area contributed by atoms with Crippen LogP contribution in [0.5, 0.6) is 5.75 Å². The predicted octanol–water partition coefficient (Wildman–Crippen LogP) is 3.20. The van der Waals surface area contributed by atoms with Crippen molar-refractivity contribution in [3.8, 4) is 5.75 Å². The maximum absolute atomic E-state index is 12.5. The van der Waals surface area contributed by atoms with E-state index < -0.39 is 24.4 Å². The molecule has 0 saturated heterocycles. The van der Waals surface area contributed by atoms with Crippen molar-refractivity contribution in [2.75, 3.05) is 25.6 Å². The number of ether oxygens (including phenoxy) is 2. The van der Waals surface area contributed by atoms with E-state index in [1.54, 1.807) is 12.1 Å². The number of hydrogen-bond donors (Lipinski definition) is 1. The van der Waals surface area contributed by atoms with Crippen LogP contribution in [0, 0.1) is 6.92 Å². The van der Waals surface area contributed by atoms with Crippen LogP contribution in [0.2, 0.25) is 0 Å². The van der Waals surface area contributed by atoms with E-state index in [0.29, 0.717) is 24.4 Å². The Morgan fingerprint density at radius 1 is 1.03 bits per heavy atom. The average molecular weight is 424 g/mol. The molecular weight excluding hydrogens is 400 g/mol. The summed E-state index contributed by atoms with van der Waals surface area (Å²) in [6.07, 6.45) is 1.56. The number of hydrogen-bond acceptors (Lipinski definition) is 6. The van der Waals surface area contributed by atoms with Crippen molar-refractivity contribution in [1.82, 2.24) is 4.90 Å². The molecule has 0 bridgehead atoms. The zero-order valence-corrected chi connectivity index (χ0v) is 17.7. The molecule has 0 aliphatic carbocycles. The first-order valence-electron chi connectivity index (χ1n) is 9.97. The number of rotatable bonds is 8. The lowest BCUT2D eigenvalue weighted by molar-refractivity contribution is -0.119. The average Bonchev–Trinajstić information content (AvgIpc) is 3.00. The first-order chi connectivity index (χ1) is 14.8. The van der Waals surface area contributed by atoms with Gasteiger partial charge in [0.15, 0.2) is 6.61 Å². The molecule has 0 saturated carbocycles. The molecule has 0 unspecified atom stereocenters. The second-order valence-electron chi connectivity index (χ2n) is 7.20. The van der Waals surface area contributed by atoms with Crippen LogP contribution in [-0.2, 0) is 9.53 Å². The third kappa shape index (κ3) is 4.74. The summed E-state index contributed by atoms with van der Waals surface area (Å²) in [5.41, 5.74) is 1.93. The van der Waals surface area contributed by atoms with E-state index in [0.717, 1.165) is 12.0 Å². The number of carbonyl (C=O) groups is 4. The molecule has 1 aliphatic heterocycles. The van der Waals surface area contributed by atoms with Gasteiger partial charge in [0, 0.05) is 6.54 Å². The number of anilines is 1. The molecule has 1 N–H and O–H groups in total. The van der Waals surface area contributed by atoms with Crippen LogP contribution in [0.25, 0.3) is 0 Å². The van der Waals surface area contributed by atoms with Gasteiger partial charge in [-0.25, -0.2) is 4.79 Å². The van der Waals surface area contributed by atoms with Crippen molar-refractivity contribution >= 4 is 29.4 Å². The minimum atomic E-state index is -0.763. The Morgan fingerprint density at radius 3 is 2.48 bits per heavy atom. The number of methoxy groups -OCH3 is 1. The van der Waals surface area contributed by atoms with E-state index in [2.05, 4.69) is 5.32 Å². The number of unbranched alkanes of at least 4 members (excludes halogenated alkanes) is 1. The molecule has 2 aromatic carbocycles. The number of aryl methyl sites for hydroxylation is 1. The molecule has 0 aromatic heterocycles. The number of esters is 1. The van der Waals surface area contributed by atoms with E-state index in [4.69, 9.17) is 9.47 Å². The summed E-state index contributed by atoms with van der Waals surface area (Å²) in [6.45, 7) is 3.67. The standard InChI is InChI=1S/C23H24N2O6/c1-4-5-10-25-21(27)16-8-7-15(12-17(16)22(25)28)23(29)31-13-20(26)24-18-11-14(2)6-9-19(18)30-3/h6-9,11-12H,4-5,10,13H2,1-3H3,(H,24,26). The molecule has 3 amide bonds. The monoisotopic (exact) mass is 424 g/mol. The number of fused-ring (bicyclic) bond motifs is 1. The van der Waals surface area contributed by atoms with Crippen molar-refractivity contribution in [3.05, 3.63) is 58.7 Å². The highest BCUT2D eigenvalue weighted by molar-refractivity contribution is 6.22. The molecule has 0 fully saturated rings. The van der Waals surface area contributed by atoms with Crippen LogP contribution in [0.1, 0.15) is 56.4 Å². The molecule has 162 valence electrons. The lowest BCUT2D eigenvalue weighted by Crippen LogP contribution is -2.30. The van der Waals surface area contributed by atoms with Gasteiger partial charge in [-0.1, -0.05) is 19.4 Å². The second-order valence-corrected chi connectivity index (χ2v) is 7.20. The molecule has 3 rings (SSSR count). The number of amides is 3. The summed E-state index contributed by atoms with van der Waals surface area (Å²) in [7, 11) is 1.49. The lowest BCUT2D eigenvalue weighted by Gasteiger charge is -2.12. The molecule has 1 heterocycles. The van der Waals surface area contributed by atoms with Gasteiger partial charge in [-0.2, -0.15) is 0 Å². The smallest absolute Gasteiger partial charge is 0.338 e. The zero-order valence-electron chi connectivity index (χ0n) is 17.7. The number of nitrogens with one attached hydrogen (secondary N) is 1. The van der Waals surface area contributed by atoms with Gasteiger partial charge in [-0.05, 0) is 49.2 Å². The highest BCUT2D eigenvalue weighted by atomic mass is 16.5. The lowest BCUT2D eigenvalue weighted by atomic mass is 10.1. The Kier molecular flexibility index (Phi) is 6.69. The fraction of sp³-hybridized carbons (Fsp3) is 0.304. The third-order valence-corrected chi connectivity index (χ3v) is 4.91. The topological polar surface area (TPSA) is 102 Å². The molecule has 31 heavy (non-hydrogen) atoms. The van der Waals surface area contributed by atoms with Crippen LogP contribution in [0.3, 0.4) is 0 Å². The van der Waals surface area contributed by atoms with Gasteiger partial charge in [0.25, 0.3) is 17.7 Å². The Hall–Kier alpha value is -3.68. The fourth-order valence-corrected chi connectivity index (χ4v) is 3.26. The van der Waals surface area contributed by atoms with E-state index in [-0.39, 0.29) is 22.6 Å². The van der Waals surface area contributed by atoms with Crippen LogP contribution in [-0.4, -0.2) is 48.9 Å². The van der Waals surface area contributed by atoms with Crippen LogP contribution < -0.4 is 10.1 Å². The second kappa shape index (κ2) is 9.42. The highest BCUT2D eigenvalue weighted by Gasteiger charge is 2.35. The SMILES string of the molecule is CCCCN1C(=O)c2ccc(C(=O)OCC(=O)Nc3cc(C)ccc3OC)cc2C1=O. The maximum atomic E-state index is 12.5. The van der Waals surface area contributed by atoms with Gasteiger partial charge >= 0.3 is 5.97 Å². The van der Waals surface area contributed by atoms with Gasteiger partial charge in [-0.3, -0.25) is 19.3 Å². The first kappa shape index (κ1) is 22.0. The van der Waals surface area contributed by atoms with Crippen LogP contribution in [0.4, 0.5) is 5.69 Å². The molecule has 0 atom stereocenters. The summed E-state index contributed by atoms with van der Waals surface area (Å²) in [4.78, 5) is 50.7. The van der Waals surface area contributed by atoms with Crippen molar-refractivity contribution in [2.24, 2.45) is 0 Å². The van der Waals surface area contributed by atoms with Gasteiger partial charge in [0.2, 0.25) is 0 Å². The summed E-state index contributed by atoms with van der Waals surface area (Å²) >= 11 is 0. The van der Waals surface area contributed by atoms with Gasteiger partial charge < -0.3 is 14.8 Å². The number of benzene rings is 2. The van der Waals surface area contributed by atoms with Gasteiger partial charge in [0.05, 0.1) is 29.5 Å². The third-order valence-electron chi connectivity index (χ3n) is 4.91. The van der Waals surface area contributed by atoms with Gasteiger partial charge in [0.1, 0.15) is 5.75 Å². The molecule has 2 aromatic rings. The summed E-state index contributed by atoms with van der Waals surface area (Å²) in [6, 6.07) is 9.51. The quantitative estimate of drug-likeness (QED) is 0.516. The Morgan fingerprint density at radius 2 is 1.77 bits per heavy atom. The molecular formula is C23H24N2O6. The number of carbonyl (C=O) groups excluding carboxylic acids is 4. The molecule has 0 radical (unpaired) electrons. The minimum absolute atomic E-state index is 0.0955. The van der Waals surface area contributed by atoms with Crippen molar-refractivity contribution in [2.45, 2.75) is 26.7 Å². The van der Waals surface area contributed by atoms with Crippen molar-refractivity contribution < 1.29 is 28.7 Å². The molecule has 1 aliphatic rings. The normalized spacial score (nSPS) is 12.5. The van der Waals surface area contributed by atoms with Crippen molar-refractivity contribution in [1.29, 1.82) is 0 Å². The van der Waals surface area contributed by atoms with Crippen LogP contribution >= 0.6 is 0 Å². The van der Waals surface area contributed by atoms with E-state index >= 15 is 0 Å². The van der Waals surface area contributed by atoms with E-state index in [9.17, 15) is 19.2 Å². The number of nitrogens with zero attached hydrogens (tertiary/aromatic N) is 1.